The lowest BCUT2D eigenvalue weighted by molar-refractivity contribution is 0.217. The molecule has 0 aliphatic heterocycles. The molecule has 1 aromatic rings. The SMILES string of the molecule is CCCNC(C1CCCC1)C1(c2ccccc2)CCCC1. The zero-order valence-corrected chi connectivity index (χ0v) is 13.6. The van der Waals surface area contributed by atoms with Crippen molar-refractivity contribution < 1.29 is 0 Å². The Balaban J connectivity index is 1.91. The summed E-state index contributed by atoms with van der Waals surface area (Å²) >= 11 is 0. The van der Waals surface area contributed by atoms with Crippen LogP contribution in [0.5, 0.6) is 0 Å². The second kappa shape index (κ2) is 6.96. The van der Waals surface area contributed by atoms with Gasteiger partial charge in [0.2, 0.25) is 0 Å². The van der Waals surface area contributed by atoms with Crippen molar-refractivity contribution in [3.63, 3.8) is 0 Å². The van der Waals surface area contributed by atoms with Gasteiger partial charge in [0, 0.05) is 11.5 Å². The highest BCUT2D eigenvalue weighted by molar-refractivity contribution is 5.30. The summed E-state index contributed by atoms with van der Waals surface area (Å²) in [5.41, 5.74) is 2.01. The number of rotatable bonds is 6. The maximum Gasteiger partial charge on any atom is 0.0192 e. The Kier molecular flexibility index (Phi) is 5.00. The van der Waals surface area contributed by atoms with Crippen LogP contribution in [0.3, 0.4) is 0 Å². The average Bonchev–Trinajstić information content (AvgIpc) is 3.21. The van der Waals surface area contributed by atoms with Crippen molar-refractivity contribution in [1.29, 1.82) is 0 Å². The van der Waals surface area contributed by atoms with Gasteiger partial charge in [-0.15, -0.1) is 0 Å². The van der Waals surface area contributed by atoms with E-state index in [9.17, 15) is 0 Å². The third-order valence-corrected chi connectivity index (χ3v) is 5.93. The van der Waals surface area contributed by atoms with Gasteiger partial charge in [-0.25, -0.2) is 0 Å². The van der Waals surface area contributed by atoms with Crippen molar-refractivity contribution in [3.8, 4) is 0 Å². The van der Waals surface area contributed by atoms with Gasteiger partial charge >= 0.3 is 0 Å². The van der Waals surface area contributed by atoms with E-state index >= 15 is 0 Å². The molecule has 116 valence electrons. The van der Waals surface area contributed by atoms with Gasteiger partial charge in [0.05, 0.1) is 0 Å². The second-order valence-corrected chi connectivity index (χ2v) is 7.21. The Labute approximate surface area is 130 Å². The van der Waals surface area contributed by atoms with E-state index in [1.165, 1.54) is 64.3 Å². The van der Waals surface area contributed by atoms with Gasteiger partial charge in [0.25, 0.3) is 0 Å². The van der Waals surface area contributed by atoms with Crippen molar-refractivity contribution >= 4 is 0 Å². The summed E-state index contributed by atoms with van der Waals surface area (Å²) in [7, 11) is 0. The first-order valence-electron chi connectivity index (χ1n) is 9.16. The summed E-state index contributed by atoms with van der Waals surface area (Å²) in [5.74, 6) is 0.898. The highest BCUT2D eigenvalue weighted by atomic mass is 14.9. The van der Waals surface area contributed by atoms with Crippen molar-refractivity contribution in [1.82, 2.24) is 5.32 Å². The lowest BCUT2D eigenvalue weighted by Gasteiger charge is -2.42. The standard InChI is InChI=1S/C20H31N/c1-2-16-21-19(17-10-6-7-11-17)20(14-8-9-15-20)18-12-4-3-5-13-18/h3-5,12-13,17,19,21H,2,6-11,14-16H2,1H3. The second-order valence-electron chi connectivity index (χ2n) is 7.21. The topological polar surface area (TPSA) is 12.0 Å². The molecule has 2 fully saturated rings. The van der Waals surface area contributed by atoms with Gasteiger partial charge in [0.15, 0.2) is 0 Å². The zero-order valence-electron chi connectivity index (χ0n) is 13.6. The maximum absolute atomic E-state index is 3.99. The molecule has 1 unspecified atom stereocenters. The monoisotopic (exact) mass is 285 g/mol. The molecule has 0 amide bonds. The molecule has 0 radical (unpaired) electrons. The fourth-order valence-electron chi connectivity index (χ4n) is 4.96. The van der Waals surface area contributed by atoms with Crippen molar-refractivity contribution in [2.75, 3.05) is 6.54 Å². The fourth-order valence-corrected chi connectivity index (χ4v) is 4.96. The molecular weight excluding hydrogens is 254 g/mol. The van der Waals surface area contributed by atoms with Crippen molar-refractivity contribution in [2.45, 2.75) is 76.2 Å². The Bertz CT molecular complexity index is 413. The van der Waals surface area contributed by atoms with Gasteiger partial charge in [-0.1, -0.05) is 62.9 Å². The van der Waals surface area contributed by atoms with Gasteiger partial charge in [0.1, 0.15) is 0 Å². The molecule has 1 aromatic carbocycles. The summed E-state index contributed by atoms with van der Waals surface area (Å²) in [6, 6.07) is 12.1. The normalized spacial score (nSPS) is 23.5. The van der Waals surface area contributed by atoms with Crippen LogP contribution in [-0.4, -0.2) is 12.6 Å². The zero-order chi connectivity index (χ0) is 14.5. The Morgan fingerprint density at radius 3 is 2.33 bits per heavy atom. The van der Waals surface area contributed by atoms with Gasteiger partial charge in [-0.3, -0.25) is 0 Å². The fraction of sp³-hybridized carbons (Fsp3) is 0.700. The molecule has 0 spiro atoms. The quantitative estimate of drug-likeness (QED) is 0.770. The first kappa shape index (κ1) is 15.1. The third-order valence-electron chi connectivity index (χ3n) is 5.93. The van der Waals surface area contributed by atoms with Crippen LogP contribution in [0.25, 0.3) is 0 Å². The highest BCUT2D eigenvalue weighted by Gasteiger charge is 2.45. The summed E-state index contributed by atoms with van der Waals surface area (Å²) in [5, 5.41) is 3.99. The van der Waals surface area contributed by atoms with E-state index < -0.39 is 0 Å². The number of hydrogen-bond donors (Lipinski definition) is 1. The number of hydrogen-bond acceptors (Lipinski definition) is 1. The minimum atomic E-state index is 0.408. The molecule has 3 rings (SSSR count). The molecule has 21 heavy (non-hydrogen) atoms. The average molecular weight is 285 g/mol. The lowest BCUT2D eigenvalue weighted by atomic mass is 9.68. The molecule has 2 aliphatic rings. The van der Waals surface area contributed by atoms with Gasteiger partial charge in [-0.05, 0) is 50.1 Å². The molecule has 0 heterocycles. The van der Waals surface area contributed by atoms with Crippen LogP contribution < -0.4 is 5.32 Å². The summed E-state index contributed by atoms with van der Waals surface area (Å²) in [6.45, 7) is 3.47. The first-order valence-corrected chi connectivity index (χ1v) is 9.16. The molecule has 1 atom stereocenters. The van der Waals surface area contributed by atoms with E-state index in [-0.39, 0.29) is 0 Å². The number of nitrogens with one attached hydrogen (secondary N) is 1. The smallest absolute Gasteiger partial charge is 0.0192 e. The van der Waals surface area contributed by atoms with E-state index in [2.05, 4.69) is 42.6 Å². The maximum atomic E-state index is 3.99. The van der Waals surface area contributed by atoms with Crippen LogP contribution in [0.15, 0.2) is 30.3 Å². The summed E-state index contributed by atoms with van der Waals surface area (Å²) < 4.78 is 0. The predicted molar refractivity (Wildman–Crippen MR) is 90.6 cm³/mol. The number of benzene rings is 1. The molecule has 1 nitrogen and oxygen atoms in total. The van der Waals surface area contributed by atoms with E-state index in [1.807, 2.05) is 0 Å². The van der Waals surface area contributed by atoms with Crippen LogP contribution in [0.1, 0.15) is 70.3 Å². The largest absolute Gasteiger partial charge is 0.313 e. The van der Waals surface area contributed by atoms with Crippen LogP contribution in [-0.2, 0) is 5.41 Å². The van der Waals surface area contributed by atoms with Gasteiger partial charge < -0.3 is 5.32 Å². The van der Waals surface area contributed by atoms with E-state index in [0.29, 0.717) is 11.5 Å². The molecule has 2 saturated carbocycles. The molecule has 1 heteroatoms. The predicted octanol–water partition coefficient (Wildman–Crippen LogP) is 5.06. The first-order chi connectivity index (χ1) is 10.4. The lowest BCUT2D eigenvalue weighted by Crippen LogP contribution is -2.51. The minimum Gasteiger partial charge on any atom is -0.313 e. The molecule has 1 N–H and O–H groups in total. The molecule has 2 aliphatic carbocycles. The van der Waals surface area contributed by atoms with Gasteiger partial charge in [-0.2, -0.15) is 0 Å². The minimum absolute atomic E-state index is 0.408. The van der Waals surface area contributed by atoms with Crippen molar-refractivity contribution in [3.05, 3.63) is 35.9 Å². The molecule has 0 aromatic heterocycles. The summed E-state index contributed by atoms with van der Waals surface area (Å²) in [4.78, 5) is 0. The van der Waals surface area contributed by atoms with Crippen LogP contribution in [0.2, 0.25) is 0 Å². The molecular formula is C20H31N. The van der Waals surface area contributed by atoms with E-state index in [4.69, 9.17) is 0 Å². The van der Waals surface area contributed by atoms with Crippen LogP contribution in [0.4, 0.5) is 0 Å². The van der Waals surface area contributed by atoms with E-state index in [0.717, 1.165) is 5.92 Å². The highest BCUT2D eigenvalue weighted by Crippen LogP contribution is 2.48. The Morgan fingerprint density at radius 2 is 1.71 bits per heavy atom. The van der Waals surface area contributed by atoms with Crippen LogP contribution >= 0.6 is 0 Å². The summed E-state index contributed by atoms with van der Waals surface area (Å²) in [6.07, 6.45) is 12.6. The van der Waals surface area contributed by atoms with E-state index in [1.54, 1.807) is 5.56 Å². The Hall–Kier alpha value is -0.820. The Morgan fingerprint density at radius 1 is 1.05 bits per heavy atom. The third kappa shape index (κ3) is 3.04. The molecule has 0 bridgehead atoms. The molecule has 0 saturated heterocycles. The van der Waals surface area contributed by atoms with Crippen LogP contribution in [0, 0.1) is 5.92 Å². The van der Waals surface area contributed by atoms with Crippen molar-refractivity contribution in [2.24, 2.45) is 5.92 Å².